The Labute approximate surface area is 116 Å². The van der Waals surface area contributed by atoms with E-state index in [9.17, 15) is 4.79 Å². The van der Waals surface area contributed by atoms with Crippen molar-refractivity contribution in [2.75, 3.05) is 7.11 Å². The Morgan fingerprint density at radius 3 is 2.53 bits per heavy atom. The molecule has 0 spiro atoms. The molecule has 2 heteroatoms. The molecule has 0 heterocycles. The third-order valence-electron chi connectivity index (χ3n) is 4.32. The number of carbonyl (C=O) groups excluding carboxylic acids is 1. The highest BCUT2D eigenvalue weighted by Crippen LogP contribution is 2.38. The number of aryl methyl sites for hydroxylation is 1. The number of rotatable bonds is 3. The minimum atomic E-state index is -0.0657. The molecule has 104 valence electrons. The molecule has 2 nitrogen and oxygen atoms in total. The zero-order valence-corrected chi connectivity index (χ0v) is 12.0. The fourth-order valence-electron chi connectivity index (χ4n) is 3.18. The molecule has 1 fully saturated rings. The van der Waals surface area contributed by atoms with Gasteiger partial charge in [-0.2, -0.15) is 0 Å². The normalized spacial score (nSPS) is 23.7. The first-order valence-corrected chi connectivity index (χ1v) is 7.34. The maximum Gasteiger partial charge on any atom is 0.305 e. The molecule has 1 saturated carbocycles. The van der Waals surface area contributed by atoms with Crippen LogP contribution in [-0.2, 0) is 9.53 Å². The maximum atomic E-state index is 11.6. The van der Waals surface area contributed by atoms with Gasteiger partial charge in [0.05, 0.1) is 7.11 Å². The SMILES string of the molecule is COC(=O)CC1CCCCCC1c1ccc(C)cc1. The molecule has 0 radical (unpaired) electrons. The average molecular weight is 260 g/mol. The van der Waals surface area contributed by atoms with Crippen LogP contribution in [0.1, 0.15) is 55.6 Å². The Morgan fingerprint density at radius 1 is 1.16 bits per heavy atom. The van der Waals surface area contributed by atoms with Gasteiger partial charge in [-0.15, -0.1) is 0 Å². The second-order valence-electron chi connectivity index (χ2n) is 5.70. The third kappa shape index (κ3) is 3.82. The summed E-state index contributed by atoms with van der Waals surface area (Å²) in [5.41, 5.74) is 2.68. The molecule has 2 rings (SSSR count). The second kappa shape index (κ2) is 6.74. The van der Waals surface area contributed by atoms with E-state index in [1.165, 1.54) is 43.9 Å². The van der Waals surface area contributed by atoms with Crippen molar-refractivity contribution in [1.29, 1.82) is 0 Å². The van der Waals surface area contributed by atoms with Gasteiger partial charge in [0, 0.05) is 6.42 Å². The molecule has 1 aromatic rings. The van der Waals surface area contributed by atoms with Crippen molar-refractivity contribution >= 4 is 5.97 Å². The molecule has 2 atom stereocenters. The van der Waals surface area contributed by atoms with E-state index in [1.807, 2.05) is 0 Å². The van der Waals surface area contributed by atoms with E-state index in [2.05, 4.69) is 31.2 Å². The van der Waals surface area contributed by atoms with Gasteiger partial charge in [0.2, 0.25) is 0 Å². The first kappa shape index (κ1) is 14.1. The number of benzene rings is 1. The Kier molecular flexibility index (Phi) is 5.00. The Bertz CT molecular complexity index is 408. The van der Waals surface area contributed by atoms with Crippen LogP contribution in [0.4, 0.5) is 0 Å². The van der Waals surface area contributed by atoms with Crippen molar-refractivity contribution < 1.29 is 9.53 Å². The molecule has 0 aliphatic heterocycles. The first-order chi connectivity index (χ1) is 9.20. The van der Waals surface area contributed by atoms with Crippen LogP contribution >= 0.6 is 0 Å². The van der Waals surface area contributed by atoms with E-state index in [1.54, 1.807) is 0 Å². The smallest absolute Gasteiger partial charge is 0.305 e. The largest absolute Gasteiger partial charge is 0.469 e. The summed E-state index contributed by atoms with van der Waals surface area (Å²) in [5.74, 6) is 0.892. The lowest BCUT2D eigenvalue weighted by molar-refractivity contribution is -0.142. The predicted octanol–water partition coefficient (Wildman–Crippen LogP) is 4.22. The van der Waals surface area contributed by atoms with Crippen LogP contribution in [0.2, 0.25) is 0 Å². The average Bonchev–Trinajstić information content (AvgIpc) is 2.65. The van der Waals surface area contributed by atoms with Gasteiger partial charge in [-0.05, 0) is 37.2 Å². The molecule has 0 N–H and O–H groups in total. The molecule has 0 saturated heterocycles. The molecule has 0 amide bonds. The van der Waals surface area contributed by atoms with Crippen molar-refractivity contribution in [3.63, 3.8) is 0 Å². The molecular weight excluding hydrogens is 236 g/mol. The highest BCUT2D eigenvalue weighted by molar-refractivity contribution is 5.69. The van der Waals surface area contributed by atoms with Crippen LogP contribution in [0.15, 0.2) is 24.3 Å². The predicted molar refractivity (Wildman–Crippen MR) is 77.1 cm³/mol. The van der Waals surface area contributed by atoms with Gasteiger partial charge < -0.3 is 4.74 Å². The minimum Gasteiger partial charge on any atom is -0.469 e. The molecule has 1 aliphatic rings. The topological polar surface area (TPSA) is 26.3 Å². The maximum absolute atomic E-state index is 11.6. The fourth-order valence-corrected chi connectivity index (χ4v) is 3.18. The van der Waals surface area contributed by atoms with Gasteiger partial charge in [-0.1, -0.05) is 49.1 Å². The lowest BCUT2D eigenvalue weighted by Crippen LogP contribution is -2.17. The monoisotopic (exact) mass is 260 g/mol. The van der Waals surface area contributed by atoms with Gasteiger partial charge >= 0.3 is 5.97 Å². The van der Waals surface area contributed by atoms with E-state index in [0.717, 1.165) is 6.42 Å². The van der Waals surface area contributed by atoms with Gasteiger partial charge in [0.25, 0.3) is 0 Å². The van der Waals surface area contributed by atoms with Gasteiger partial charge in [-0.25, -0.2) is 0 Å². The Morgan fingerprint density at radius 2 is 1.84 bits per heavy atom. The molecule has 0 bridgehead atoms. The van der Waals surface area contributed by atoms with Crippen molar-refractivity contribution in [2.45, 2.75) is 51.4 Å². The number of ether oxygens (including phenoxy) is 1. The third-order valence-corrected chi connectivity index (χ3v) is 4.32. The lowest BCUT2D eigenvalue weighted by atomic mass is 9.80. The van der Waals surface area contributed by atoms with Gasteiger partial charge in [0.1, 0.15) is 0 Å². The summed E-state index contributed by atoms with van der Waals surface area (Å²) in [5, 5.41) is 0. The highest BCUT2D eigenvalue weighted by atomic mass is 16.5. The summed E-state index contributed by atoms with van der Waals surface area (Å²) in [7, 11) is 1.49. The summed E-state index contributed by atoms with van der Waals surface area (Å²) in [6, 6.07) is 8.82. The summed E-state index contributed by atoms with van der Waals surface area (Å²) < 4.78 is 4.86. The van der Waals surface area contributed by atoms with Crippen LogP contribution < -0.4 is 0 Å². The fraction of sp³-hybridized carbons (Fsp3) is 0.588. The van der Waals surface area contributed by atoms with Crippen LogP contribution in [0.25, 0.3) is 0 Å². The Hall–Kier alpha value is -1.31. The van der Waals surface area contributed by atoms with E-state index in [-0.39, 0.29) is 5.97 Å². The molecule has 1 aliphatic carbocycles. The van der Waals surface area contributed by atoms with E-state index < -0.39 is 0 Å². The summed E-state index contributed by atoms with van der Waals surface area (Å²) in [4.78, 5) is 11.6. The number of hydrogen-bond donors (Lipinski definition) is 0. The van der Waals surface area contributed by atoms with E-state index >= 15 is 0 Å². The molecule has 1 aromatic carbocycles. The second-order valence-corrected chi connectivity index (χ2v) is 5.70. The summed E-state index contributed by atoms with van der Waals surface area (Å²) in [6.45, 7) is 2.11. The molecular formula is C17H24O2. The number of esters is 1. The number of hydrogen-bond acceptors (Lipinski definition) is 2. The van der Waals surface area contributed by atoms with Crippen molar-refractivity contribution in [3.8, 4) is 0 Å². The zero-order valence-electron chi connectivity index (χ0n) is 12.0. The lowest BCUT2D eigenvalue weighted by Gasteiger charge is -2.24. The van der Waals surface area contributed by atoms with Crippen LogP contribution in [-0.4, -0.2) is 13.1 Å². The number of methoxy groups -OCH3 is 1. The van der Waals surface area contributed by atoms with Crippen LogP contribution in [0.5, 0.6) is 0 Å². The van der Waals surface area contributed by atoms with Gasteiger partial charge in [0.15, 0.2) is 0 Å². The van der Waals surface area contributed by atoms with E-state index in [4.69, 9.17) is 4.74 Å². The first-order valence-electron chi connectivity index (χ1n) is 7.34. The van der Waals surface area contributed by atoms with Crippen molar-refractivity contribution in [2.24, 2.45) is 5.92 Å². The number of carbonyl (C=O) groups is 1. The summed E-state index contributed by atoms with van der Waals surface area (Å²) in [6.07, 6.45) is 6.72. The Balaban J connectivity index is 2.16. The van der Waals surface area contributed by atoms with Crippen molar-refractivity contribution in [1.82, 2.24) is 0 Å². The quantitative estimate of drug-likeness (QED) is 0.600. The standard InChI is InChI=1S/C17H24O2/c1-13-8-10-14(11-9-13)16-7-5-3-4-6-15(16)12-17(18)19-2/h8-11,15-16H,3-7,12H2,1-2H3. The van der Waals surface area contributed by atoms with Crippen LogP contribution in [0, 0.1) is 12.8 Å². The summed E-state index contributed by atoms with van der Waals surface area (Å²) >= 11 is 0. The molecule has 2 unspecified atom stereocenters. The molecule has 0 aromatic heterocycles. The zero-order chi connectivity index (χ0) is 13.7. The highest BCUT2D eigenvalue weighted by Gasteiger charge is 2.27. The molecule has 19 heavy (non-hydrogen) atoms. The van der Waals surface area contributed by atoms with Crippen LogP contribution in [0.3, 0.4) is 0 Å². The van der Waals surface area contributed by atoms with Crippen molar-refractivity contribution in [3.05, 3.63) is 35.4 Å². The van der Waals surface area contributed by atoms with E-state index in [0.29, 0.717) is 18.3 Å². The van der Waals surface area contributed by atoms with Gasteiger partial charge in [-0.3, -0.25) is 4.79 Å². The minimum absolute atomic E-state index is 0.0657.